The zero-order chi connectivity index (χ0) is 23.1. The van der Waals surface area contributed by atoms with Gasteiger partial charge < -0.3 is 24.5 Å². The van der Waals surface area contributed by atoms with E-state index in [1.165, 1.54) is 26.5 Å². The number of hydrogen-bond donors (Lipinski definition) is 2. The van der Waals surface area contributed by atoms with Gasteiger partial charge in [0.25, 0.3) is 5.91 Å². The van der Waals surface area contributed by atoms with E-state index in [1.807, 2.05) is 30.3 Å². The van der Waals surface area contributed by atoms with Gasteiger partial charge in [-0.2, -0.15) is 0 Å². The van der Waals surface area contributed by atoms with Crippen molar-refractivity contribution < 1.29 is 27.8 Å². The fourth-order valence-electron chi connectivity index (χ4n) is 3.01. The Hall–Kier alpha value is -3.56. The van der Waals surface area contributed by atoms with E-state index in [0.29, 0.717) is 6.07 Å². The van der Waals surface area contributed by atoms with Crippen LogP contribution in [-0.4, -0.2) is 25.1 Å². The van der Waals surface area contributed by atoms with Gasteiger partial charge in [0.1, 0.15) is 29.5 Å². The predicted octanol–water partition coefficient (Wildman–Crippen LogP) is 3.45. The van der Waals surface area contributed by atoms with Crippen molar-refractivity contribution in [3.63, 3.8) is 0 Å². The summed E-state index contributed by atoms with van der Waals surface area (Å²) >= 11 is 0. The lowest BCUT2D eigenvalue weighted by Crippen LogP contribution is -2.30. The van der Waals surface area contributed by atoms with Crippen molar-refractivity contribution in [1.82, 2.24) is 10.3 Å². The zero-order valence-electron chi connectivity index (χ0n) is 17.5. The van der Waals surface area contributed by atoms with Crippen molar-refractivity contribution in [3.05, 3.63) is 99.0 Å². The number of ether oxygens (including phenoxy) is 3. The average Bonchev–Trinajstić information content (AvgIpc) is 2.79. The van der Waals surface area contributed by atoms with E-state index in [4.69, 9.17) is 14.2 Å². The number of carbonyl (C=O) groups is 1. The lowest BCUT2D eigenvalue weighted by molar-refractivity contribution is -0.110. The average molecular weight is 444 g/mol. The summed E-state index contributed by atoms with van der Waals surface area (Å²) < 4.78 is 43.1. The van der Waals surface area contributed by atoms with Gasteiger partial charge in [0.2, 0.25) is 11.7 Å². The van der Waals surface area contributed by atoms with Gasteiger partial charge in [0.15, 0.2) is 5.75 Å². The first-order chi connectivity index (χ1) is 15.4. The van der Waals surface area contributed by atoms with Gasteiger partial charge in [-0.1, -0.05) is 36.4 Å². The number of methoxy groups -OCH3 is 2. The van der Waals surface area contributed by atoms with Crippen LogP contribution in [0.15, 0.2) is 59.5 Å². The molecule has 1 aromatic heterocycles. The first-order valence-corrected chi connectivity index (χ1v) is 9.64. The molecular weight excluding hydrogens is 422 g/mol. The van der Waals surface area contributed by atoms with Crippen molar-refractivity contribution in [2.24, 2.45) is 0 Å². The van der Waals surface area contributed by atoms with Crippen molar-refractivity contribution >= 4 is 5.91 Å². The number of carbonyl (C=O) groups excluding carboxylic acids is 1. The fraction of sp³-hybridized carbons (Fsp3) is 0.217. The number of rotatable bonds is 9. The van der Waals surface area contributed by atoms with Crippen LogP contribution in [0.3, 0.4) is 0 Å². The van der Waals surface area contributed by atoms with Gasteiger partial charge in [-0.05, 0) is 11.6 Å². The summed E-state index contributed by atoms with van der Waals surface area (Å²) in [6, 6.07) is 12.2. The molecule has 7 nitrogen and oxygen atoms in total. The zero-order valence-corrected chi connectivity index (χ0v) is 17.5. The molecule has 0 fully saturated rings. The Kier molecular flexibility index (Phi) is 7.69. The third kappa shape index (κ3) is 5.37. The van der Waals surface area contributed by atoms with E-state index >= 15 is 0 Å². The number of aromatic amines is 1. The minimum Gasteiger partial charge on any atom is -0.483 e. The molecule has 0 spiro atoms. The van der Waals surface area contributed by atoms with E-state index in [1.54, 1.807) is 0 Å². The van der Waals surface area contributed by atoms with Gasteiger partial charge in [0.05, 0.1) is 0 Å². The number of amides is 1. The second-order valence-electron chi connectivity index (χ2n) is 6.77. The molecule has 1 heterocycles. The molecule has 2 aromatic carbocycles. The predicted molar refractivity (Wildman–Crippen MR) is 112 cm³/mol. The highest BCUT2D eigenvalue weighted by molar-refractivity contribution is 5.94. The molecule has 0 aliphatic carbocycles. The fourth-order valence-corrected chi connectivity index (χ4v) is 3.01. The van der Waals surface area contributed by atoms with E-state index in [-0.39, 0.29) is 35.7 Å². The maximum absolute atomic E-state index is 13.8. The number of pyridine rings is 1. The summed E-state index contributed by atoms with van der Waals surface area (Å²) in [7, 11) is 2.79. The van der Waals surface area contributed by atoms with Crippen LogP contribution in [-0.2, 0) is 22.6 Å². The van der Waals surface area contributed by atoms with Crippen LogP contribution in [0.1, 0.15) is 33.5 Å². The normalized spacial score (nSPS) is 10.9. The maximum atomic E-state index is 13.8. The van der Waals surface area contributed by atoms with Gasteiger partial charge in [0, 0.05) is 38.6 Å². The lowest BCUT2D eigenvalue weighted by atomic mass is 10.1. The summed E-state index contributed by atoms with van der Waals surface area (Å²) in [5.74, 6) is -2.42. The maximum Gasteiger partial charge on any atom is 0.257 e. The molecule has 0 unspecified atom stereocenters. The van der Waals surface area contributed by atoms with Crippen LogP contribution in [0.2, 0.25) is 0 Å². The Labute approximate surface area is 182 Å². The molecule has 1 amide bonds. The van der Waals surface area contributed by atoms with Crippen LogP contribution < -0.4 is 15.5 Å². The first kappa shape index (κ1) is 23.1. The number of hydrogen-bond acceptors (Lipinski definition) is 5. The molecule has 2 N–H and O–H groups in total. The molecule has 0 atom stereocenters. The van der Waals surface area contributed by atoms with Gasteiger partial charge in [-0.3, -0.25) is 9.59 Å². The number of nitrogens with one attached hydrogen (secondary N) is 2. The Bertz CT molecular complexity index is 1130. The van der Waals surface area contributed by atoms with Gasteiger partial charge >= 0.3 is 0 Å². The minimum absolute atomic E-state index is 0.0724. The van der Waals surface area contributed by atoms with Crippen LogP contribution in [0.25, 0.3) is 0 Å². The highest BCUT2D eigenvalue weighted by Crippen LogP contribution is 2.24. The summed E-state index contributed by atoms with van der Waals surface area (Å²) in [5, 5.41) is 2.45. The number of benzene rings is 2. The quantitative estimate of drug-likeness (QED) is 0.494. The minimum atomic E-state index is -0.932. The summed E-state index contributed by atoms with van der Waals surface area (Å²) in [6.45, 7) is -0.159. The van der Waals surface area contributed by atoms with Crippen molar-refractivity contribution in [2.75, 3.05) is 14.2 Å². The molecule has 3 rings (SSSR count). The molecular formula is C23H22F2N2O5. The van der Waals surface area contributed by atoms with E-state index in [0.717, 1.165) is 11.6 Å². The first-order valence-electron chi connectivity index (χ1n) is 9.64. The van der Waals surface area contributed by atoms with Crippen molar-refractivity contribution in [3.8, 4) is 5.75 Å². The van der Waals surface area contributed by atoms with Gasteiger partial charge in [-0.15, -0.1) is 0 Å². The smallest absolute Gasteiger partial charge is 0.257 e. The van der Waals surface area contributed by atoms with Crippen molar-refractivity contribution in [2.45, 2.75) is 19.4 Å². The van der Waals surface area contributed by atoms with Crippen LogP contribution in [0.4, 0.5) is 8.78 Å². The third-order valence-corrected chi connectivity index (χ3v) is 4.66. The van der Waals surface area contributed by atoms with E-state index < -0.39 is 29.3 Å². The highest BCUT2D eigenvalue weighted by Gasteiger charge is 2.24. The lowest BCUT2D eigenvalue weighted by Gasteiger charge is -2.18. The summed E-state index contributed by atoms with van der Waals surface area (Å²) in [6.07, 6.45) is 0.271. The van der Waals surface area contributed by atoms with E-state index in [9.17, 15) is 18.4 Å². The van der Waals surface area contributed by atoms with Crippen LogP contribution in [0, 0.1) is 11.6 Å². The molecule has 9 heteroatoms. The Balaban J connectivity index is 1.87. The number of aromatic nitrogens is 1. The van der Waals surface area contributed by atoms with Crippen LogP contribution in [0.5, 0.6) is 5.75 Å². The highest BCUT2D eigenvalue weighted by atomic mass is 19.1. The number of H-pyrrole nitrogens is 1. The SMILES string of the molecule is COC(OC)c1[nH]cc(C(=O)NCc2ccc(F)cc2F)c(=O)c1OCc1ccccc1. The summed E-state index contributed by atoms with van der Waals surface area (Å²) in [5.41, 5.74) is 0.159. The Morgan fingerprint density at radius 3 is 2.47 bits per heavy atom. The van der Waals surface area contributed by atoms with Crippen molar-refractivity contribution in [1.29, 1.82) is 0 Å². The molecule has 0 bridgehead atoms. The second-order valence-corrected chi connectivity index (χ2v) is 6.77. The molecule has 168 valence electrons. The van der Waals surface area contributed by atoms with E-state index in [2.05, 4.69) is 10.3 Å². The van der Waals surface area contributed by atoms with Gasteiger partial charge in [-0.25, -0.2) is 8.78 Å². The Morgan fingerprint density at radius 2 is 1.81 bits per heavy atom. The van der Waals surface area contributed by atoms with Crippen LogP contribution >= 0.6 is 0 Å². The number of halogens is 2. The third-order valence-electron chi connectivity index (χ3n) is 4.66. The molecule has 0 aliphatic rings. The Morgan fingerprint density at radius 1 is 1.09 bits per heavy atom. The summed E-state index contributed by atoms with van der Waals surface area (Å²) in [4.78, 5) is 28.5. The molecule has 0 aliphatic heterocycles. The second kappa shape index (κ2) is 10.7. The molecule has 0 radical (unpaired) electrons. The standard InChI is InChI=1S/C23H22F2N2O5/c1-30-23(31-2)19-21(32-13-14-6-4-3-5-7-14)20(28)17(12-26-19)22(29)27-11-15-8-9-16(24)10-18(15)25/h3-10,12,23H,11,13H2,1-2H3,(H,26,28)(H,27,29). The topological polar surface area (TPSA) is 89.7 Å². The molecule has 0 saturated heterocycles. The molecule has 0 saturated carbocycles. The molecule has 3 aromatic rings. The largest absolute Gasteiger partial charge is 0.483 e. The molecule has 32 heavy (non-hydrogen) atoms. The monoisotopic (exact) mass is 444 g/mol.